The van der Waals surface area contributed by atoms with Crippen LogP contribution in [-0.4, -0.2) is 57.8 Å². The Hall–Kier alpha value is -2.60. The first kappa shape index (κ1) is 29.9. The second-order valence-electron chi connectivity index (χ2n) is 9.09. The summed E-state index contributed by atoms with van der Waals surface area (Å²) in [5, 5.41) is 3.64. The van der Waals surface area contributed by atoms with Crippen molar-refractivity contribution in [3.63, 3.8) is 0 Å². The molecule has 0 saturated carbocycles. The van der Waals surface area contributed by atoms with Crippen LogP contribution in [0.25, 0.3) is 11.2 Å². The van der Waals surface area contributed by atoms with Gasteiger partial charge in [-0.05, 0) is 51.5 Å². The minimum atomic E-state index is -1.60. The van der Waals surface area contributed by atoms with Crippen molar-refractivity contribution in [2.24, 2.45) is 5.92 Å². The number of anilines is 2. The number of carbonyl (C=O) groups excluding carboxylic acids is 1. The highest BCUT2D eigenvalue weighted by Gasteiger charge is 2.35. The number of nitrogen functional groups attached to an aromatic ring is 2. The van der Waals surface area contributed by atoms with Gasteiger partial charge in [-0.15, -0.1) is 0 Å². The molecule has 5 N–H and O–H groups in total. The molecule has 0 aliphatic carbocycles. The number of carbonyl (C=O) groups is 1. The van der Waals surface area contributed by atoms with Crippen molar-refractivity contribution >= 4 is 49.3 Å². The van der Waals surface area contributed by atoms with Crippen molar-refractivity contribution in [3.05, 3.63) is 35.6 Å². The number of halogens is 1. The van der Waals surface area contributed by atoms with E-state index >= 15 is 0 Å². The molecule has 12 nitrogen and oxygen atoms in total. The van der Waals surface area contributed by atoms with Gasteiger partial charge in [-0.25, -0.2) is 10.1 Å². The molecule has 1 fully saturated rings. The molecular weight excluding hydrogens is 533 g/mol. The van der Waals surface area contributed by atoms with Crippen LogP contribution in [0.2, 0.25) is 5.02 Å². The third-order valence-corrected chi connectivity index (χ3v) is 7.19. The zero-order valence-electron chi connectivity index (χ0n) is 22.1. The number of imidazole rings is 1. The average Bonchev–Trinajstić information content (AvgIpc) is 3.47. The van der Waals surface area contributed by atoms with Gasteiger partial charge in [0.05, 0.1) is 31.2 Å². The summed E-state index contributed by atoms with van der Waals surface area (Å²) in [6, 6.07) is 6.48. The number of nitrogens with zero attached hydrogens (tertiary/aromatic N) is 4. The average molecular weight is 568 g/mol. The van der Waals surface area contributed by atoms with Gasteiger partial charge in [-0.1, -0.05) is 18.5 Å². The number of aromatic nitrogens is 4. The second kappa shape index (κ2) is 14.0. The predicted octanol–water partition coefficient (Wildman–Crippen LogP) is 4.11. The van der Waals surface area contributed by atoms with E-state index in [4.69, 9.17) is 41.6 Å². The number of hydrogen-bond donors (Lipinski definition) is 3. The number of methoxy groups -OCH3 is 1. The lowest BCUT2D eigenvalue weighted by Gasteiger charge is -2.22. The van der Waals surface area contributed by atoms with E-state index in [0.29, 0.717) is 28.0 Å². The molecule has 0 spiro atoms. The number of nitrogens with two attached hydrogens (primary N) is 2. The molecule has 0 amide bonds. The van der Waals surface area contributed by atoms with Crippen molar-refractivity contribution in [3.8, 4) is 5.75 Å². The Morgan fingerprint density at radius 2 is 1.95 bits per heavy atom. The smallest absolute Gasteiger partial charge is 0.318 e. The maximum absolute atomic E-state index is 11.1. The van der Waals surface area contributed by atoms with E-state index in [2.05, 4.69) is 27.0 Å². The highest BCUT2D eigenvalue weighted by molar-refractivity contribution is 7.45. The fourth-order valence-corrected chi connectivity index (χ4v) is 4.85. The Balaban J connectivity index is 0.000000732. The number of hydrogen-bond acceptors (Lipinski definition) is 11. The van der Waals surface area contributed by atoms with Crippen LogP contribution in [0.5, 0.6) is 5.75 Å². The van der Waals surface area contributed by atoms with Gasteiger partial charge in [0.2, 0.25) is 5.95 Å². The molecule has 3 heterocycles. The Kier molecular flexibility index (Phi) is 11.0. The molecule has 1 saturated heterocycles. The summed E-state index contributed by atoms with van der Waals surface area (Å²) in [5.74, 6) is 1.03. The van der Waals surface area contributed by atoms with Crippen molar-refractivity contribution in [2.45, 2.75) is 58.6 Å². The van der Waals surface area contributed by atoms with E-state index in [0.717, 1.165) is 12.7 Å². The Labute approximate surface area is 228 Å². The third kappa shape index (κ3) is 8.20. The predicted molar refractivity (Wildman–Crippen MR) is 148 cm³/mol. The van der Waals surface area contributed by atoms with Gasteiger partial charge in [0.1, 0.15) is 23.8 Å². The maximum atomic E-state index is 11.1. The van der Waals surface area contributed by atoms with Crippen LogP contribution in [0.4, 0.5) is 11.8 Å². The fourth-order valence-electron chi connectivity index (χ4n) is 3.54. The van der Waals surface area contributed by atoms with E-state index in [9.17, 15) is 4.79 Å². The van der Waals surface area contributed by atoms with Gasteiger partial charge in [-0.3, -0.25) is 4.57 Å². The van der Waals surface area contributed by atoms with Crippen LogP contribution in [0.3, 0.4) is 0 Å². The molecule has 2 aromatic heterocycles. The zero-order valence-corrected chi connectivity index (χ0v) is 23.7. The molecule has 0 radical (unpaired) electrons. The van der Waals surface area contributed by atoms with Crippen LogP contribution in [0, 0.1) is 5.92 Å². The highest BCUT2D eigenvalue weighted by atomic mass is 35.5. The van der Waals surface area contributed by atoms with Crippen LogP contribution in [0.1, 0.15) is 40.3 Å². The van der Waals surface area contributed by atoms with Gasteiger partial charge in [0.25, 0.3) is 0 Å². The number of benzene rings is 1. The van der Waals surface area contributed by atoms with Crippen LogP contribution >= 0.6 is 20.1 Å². The standard InChI is InChI=1S/C20H25ClN7O4P.C4H10O/c1-11-7-15(31-19(11)28-10-24-16-17(22)25-20(23)26-18(16)28)9-30-33(27-12(2)8-29)32-14-5-3-13(21)4-6-14;1-4(2)5-3/h3-6,8,10-12,15,19,27H,7,9H2,1-2H3,(H4,22,23,25,26);4H,1-3H3. The minimum Gasteiger partial charge on any atom is -0.436 e. The largest absolute Gasteiger partial charge is 0.436 e. The lowest BCUT2D eigenvalue weighted by molar-refractivity contribution is -0.108. The minimum absolute atomic E-state index is 0.0765. The molecule has 5 unspecified atom stereocenters. The number of ether oxygens (including phenoxy) is 2. The molecule has 5 atom stereocenters. The SMILES string of the molecule is CC(C=O)NP(OCC1CC(C)C(n2cnc3c(N)nc(N)nc32)O1)Oc1ccc(Cl)cc1.COC(C)C. The van der Waals surface area contributed by atoms with Crippen molar-refractivity contribution in [2.75, 3.05) is 25.2 Å². The molecule has 1 aliphatic heterocycles. The Morgan fingerprint density at radius 1 is 1.26 bits per heavy atom. The number of rotatable bonds is 10. The summed E-state index contributed by atoms with van der Waals surface area (Å²) < 4.78 is 24.7. The van der Waals surface area contributed by atoms with Crippen LogP contribution in [-0.2, 0) is 18.8 Å². The third-order valence-electron chi connectivity index (χ3n) is 5.56. The molecule has 1 aromatic carbocycles. The highest BCUT2D eigenvalue weighted by Crippen LogP contribution is 2.40. The van der Waals surface area contributed by atoms with Gasteiger partial charge < -0.3 is 34.8 Å². The number of nitrogens with one attached hydrogen (secondary N) is 1. The van der Waals surface area contributed by atoms with E-state index in [1.165, 1.54) is 0 Å². The van der Waals surface area contributed by atoms with Gasteiger partial charge in [0.15, 0.2) is 11.5 Å². The summed E-state index contributed by atoms with van der Waals surface area (Å²) >= 11 is 5.94. The van der Waals surface area contributed by atoms with Crippen molar-refractivity contribution < 1.29 is 23.3 Å². The summed E-state index contributed by atoms with van der Waals surface area (Å²) in [4.78, 5) is 23.7. The first-order chi connectivity index (χ1) is 18.1. The monoisotopic (exact) mass is 567 g/mol. The molecule has 208 valence electrons. The quantitative estimate of drug-likeness (QED) is 0.239. The van der Waals surface area contributed by atoms with E-state index in [1.807, 2.05) is 18.4 Å². The molecule has 1 aliphatic rings. The summed E-state index contributed by atoms with van der Waals surface area (Å²) in [6.07, 6.45) is 3.03. The second-order valence-corrected chi connectivity index (χ2v) is 10.7. The van der Waals surface area contributed by atoms with Crippen LogP contribution in [0.15, 0.2) is 30.6 Å². The summed E-state index contributed by atoms with van der Waals surface area (Å²) in [6.45, 7) is 8.07. The van der Waals surface area contributed by atoms with E-state index in [1.54, 1.807) is 44.6 Å². The number of fused-ring (bicyclic) bond motifs is 1. The first-order valence-corrected chi connectivity index (χ1v) is 13.7. The van der Waals surface area contributed by atoms with Gasteiger partial charge >= 0.3 is 8.53 Å². The normalized spacial score (nSPS) is 20.7. The molecule has 3 aromatic rings. The topological polar surface area (TPSA) is 162 Å². The van der Waals surface area contributed by atoms with E-state index < -0.39 is 14.6 Å². The van der Waals surface area contributed by atoms with Crippen LogP contribution < -0.4 is 21.1 Å². The fraction of sp³-hybridized carbons (Fsp3) is 0.500. The van der Waals surface area contributed by atoms with Gasteiger partial charge in [0, 0.05) is 18.1 Å². The lowest BCUT2D eigenvalue weighted by Crippen LogP contribution is -2.26. The molecule has 38 heavy (non-hydrogen) atoms. The van der Waals surface area contributed by atoms with Crippen molar-refractivity contribution in [1.29, 1.82) is 0 Å². The molecule has 0 bridgehead atoms. The maximum Gasteiger partial charge on any atom is 0.318 e. The molecule has 14 heteroatoms. The molecule has 4 rings (SSSR count). The van der Waals surface area contributed by atoms with Gasteiger partial charge in [-0.2, -0.15) is 9.97 Å². The zero-order chi connectivity index (χ0) is 27.8. The summed E-state index contributed by atoms with van der Waals surface area (Å²) in [5.41, 5.74) is 12.7. The molecular formula is C24H35ClN7O5P. The first-order valence-electron chi connectivity index (χ1n) is 12.1. The van der Waals surface area contributed by atoms with E-state index in [-0.39, 0.29) is 36.6 Å². The summed E-state index contributed by atoms with van der Waals surface area (Å²) in [7, 11) is 0.103. The lowest BCUT2D eigenvalue weighted by atomic mass is 10.1. The number of aldehydes is 1. The Bertz CT molecular complexity index is 1180. The Morgan fingerprint density at radius 3 is 2.58 bits per heavy atom. The van der Waals surface area contributed by atoms with Crippen molar-refractivity contribution in [1.82, 2.24) is 24.6 Å².